The molecule has 0 amide bonds. The number of rotatable bonds is 1. The SMILES string of the molecule is C[N+]1(CC#CC2CC2)CCCCC1.[I-]. The highest BCUT2D eigenvalue weighted by molar-refractivity contribution is 5.09. The van der Waals surface area contributed by atoms with Gasteiger partial charge in [-0.2, -0.15) is 0 Å². The molecule has 2 aliphatic rings. The standard InChI is InChI=1S/C12H20N.HI/c1-13(9-3-2-4-10-13)11-5-6-12-7-8-12;/h12H,2-4,7-11H2,1H3;1H/q+1;/p-1. The van der Waals surface area contributed by atoms with Crippen LogP contribution < -0.4 is 24.0 Å². The lowest BCUT2D eigenvalue weighted by atomic mass is 10.1. The first kappa shape index (κ1) is 12.3. The molecule has 1 saturated heterocycles. The first-order valence-electron chi connectivity index (χ1n) is 5.60. The fourth-order valence-corrected chi connectivity index (χ4v) is 2.04. The first-order valence-corrected chi connectivity index (χ1v) is 5.60. The van der Waals surface area contributed by atoms with Gasteiger partial charge in [-0.05, 0) is 38.0 Å². The second-order valence-corrected chi connectivity index (χ2v) is 4.88. The van der Waals surface area contributed by atoms with Crippen molar-refractivity contribution in [3.8, 4) is 11.8 Å². The van der Waals surface area contributed by atoms with Gasteiger partial charge in [0, 0.05) is 5.92 Å². The van der Waals surface area contributed by atoms with Gasteiger partial charge in [-0.1, -0.05) is 5.92 Å². The Labute approximate surface area is 105 Å². The van der Waals surface area contributed by atoms with Crippen LogP contribution in [0.2, 0.25) is 0 Å². The van der Waals surface area contributed by atoms with Gasteiger partial charge in [0.25, 0.3) is 0 Å². The summed E-state index contributed by atoms with van der Waals surface area (Å²) in [5, 5.41) is 0. The molecule has 0 radical (unpaired) electrons. The summed E-state index contributed by atoms with van der Waals surface area (Å²) in [6.07, 6.45) is 6.96. The number of quaternary nitrogens is 1. The summed E-state index contributed by atoms with van der Waals surface area (Å²) >= 11 is 0. The van der Waals surface area contributed by atoms with E-state index in [-0.39, 0.29) is 24.0 Å². The second-order valence-electron chi connectivity index (χ2n) is 4.88. The lowest BCUT2D eigenvalue weighted by molar-refractivity contribution is -0.907. The largest absolute Gasteiger partial charge is 1.00 e. The van der Waals surface area contributed by atoms with Crippen LogP contribution >= 0.6 is 0 Å². The van der Waals surface area contributed by atoms with E-state index in [0.717, 1.165) is 12.5 Å². The van der Waals surface area contributed by atoms with Crippen LogP contribution in [0.4, 0.5) is 0 Å². The van der Waals surface area contributed by atoms with E-state index in [1.807, 2.05) is 0 Å². The molecule has 1 saturated carbocycles. The molecular weight excluding hydrogens is 285 g/mol. The Bertz CT molecular complexity index is 228. The highest BCUT2D eigenvalue weighted by Gasteiger charge is 2.23. The van der Waals surface area contributed by atoms with Gasteiger partial charge in [-0.25, -0.2) is 0 Å². The average Bonchev–Trinajstić information content (AvgIpc) is 2.89. The van der Waals surface area contributed by atoms with Gasteiger partial charge in [0.15, 0.2) is 0 Å². The fourth-order valence-electron chi connectivity index (χ4n) is 2.04. The quantitative estimate of drug-likeness (QED) is 0.332. The van der Waals surface area contributed by atoms with Crippen LogP contribution in [-0.4, -0.2) is 31.2 Å². The van der Waals surface area contributed by atoms with Crippen LogP contribution in [0.15, 0.2) is 0 Å². The van der Waals surface area contributed by atoms with E-state index in [1.165, 1.54) is 49.7 Å². The van der Waals surface area contributed by atoms with Crippen molar-refractivity contribution in [3.05, 3.63) is 0 Å². The number of nitrogens with zero attached hydrogens (tertiary/aromatic N) is 1. The van der Waals surface area contributed by atoms with Gasteiger partial charge in [0.05, 0.1) is 20.1 Å². The summed E-state index contributed by atoms with van der Waals surface area (Å²) < 4.78 is 1.21. The normalized spacial score (nSPS) is 24.4. The van der Waals surface area contributed by atoms with Gasteiger partial charge in [-0.3, -0.25) is 0 Å². The summed E-state index contributed by atoms with van der Waals surface area (Å²) in [6, 6.07) is 0. The second kappa shape index (κ2) is 5.37. The van der Waals surface area contributed by atoms with Crippen LogP contribution in [0.1, 0.15) is 32.1 Å². The summed E-state index contributed by atoms with van der Waals surface area (Å²) in [5.74, 6) is 7.52. The molecule has 0 bridgehead atoms. The van der Waals surface area contributed by atoms with Crippen LogP contribution in [0.25, 0.3) is 0 Å². The van der Waals surface area contributed by atoms with Crippen LogP contribution in [-0.2, 0) is 0 Å². The van der Waals surface area contributed by atoms with Gasteiger partial charge >= 0.3 is 0 Å². The molecule has 1 nitrogen and oxygen atoms in total. The topological polar surface area (TPSA) is 0 Å². The summed E-state index contributed by atoms with van der Waals surface area (Å²) in [5.41, 5.74) is 0. The van der Waals surface area contributed by atoms with Crippen molar-refractivity contribution in [3.63, 3.8) is 0 Å². The third kappa shape index (κ3) is 3.78. The van der Waals surface area contributed by atoms with Crippen molar-refractivity contribution in [1.82, 2.24) is 0 Å². The fraction of sp³-hybridized carbons (Fsp3) is 0.833. The molecule has 2 fully saturated rings. The lowest BCUT2D eigenvalue weighted by Gasteiger charge is -2.35. The molecule has 0 spiro atoms. The van der Waals surface area contributed by atoms with Crippen molar-refractivity contribution in [2.24, 2.45) is 5.92 Å². The summed E-state index contributed by atoms with van der Waals surface area (Å²) in [7, 11) is 2.36. The predicted molar refractivity (Wildman–Crippen MR) is 55.1 cm³/mol. The van der Waals surface area contributed by atoms with Crippen molar-refractivity contribution in [2.75, 3.05) is 26.7 Å². The van der Waals surface area contributed by atoms with Gasteiger partial charge in [0.1, 0.15) is 6.54 Å². The molecule has 2 rings (SSSR count). The van der Waals surface area contributed by atoms with Crippen molar-refractivity contribution in [2.45, 2.75) is 32.1 Å². The lowest BCUT2D eigenvalue weighted by Crippen LogP contribution is -3.00. The molecule has 1 aliphatic heterocycles. The Morgan fingerprint density at radius 3 is 2.36 bits per heavy atom. The summed E-state index contributed by atoms with van der Waals surface area (Å²) in [6.45, 7) is 3.79. The molecular formula is C12H20IN. The zero-order chi connectivity index (χ0) is 9.15. The Kier molecular flexibility index (Phi) is 4.72. The molecule has 0 atom stereocenters. The van der Waals surface area contributed by atoms with Crippen LogP contribution in [0.3, 0.4) is 0 Å². The highest BCUT2D eigenvalue weighted by Crippen LogP contribution is 2.27. The van der Waals surface area contributed by atoms with Crippen LogP contribution in [0.5, 0.6) is 0 Å². The number of hydrogen-bond acceptors (Lipinski definition) is 0. The van der Waals surface area contributed by atoms with Gasteiger partial charge in [0.2, 0.25) is 0 Å². The molecule has 2 heteroatoms. The molecule has 14 heavy (non-hydrogen) atoms. The molecule has 0 N–H and O–H groups in total. The first-order chi connectivity index (χ1) is 6.29. The highest BCUT2D eigenvalue weighted by atomic mass is 127. The molecule has 80 valence electrons. The van der Waals surface area contributed by atoms with E-state index in [1.54, 1.807) is 0 Å². The number of piperidine rings is 1. The van der Waals surface area contributed by atoms with E-state index >= 15 is 0 Å². The number of hydrogen-bond donors (Lipinski definition) is 0. The molecule has 0 aromatic heterocycles. The van der Waals surface area contributed by atoms with E-state index in [9.17, 15) is 0 Å². The molecule has 0 aromatic carbocycles. The van der Waals surface area contributed by atoms with E-state index in [4.69, 9.17) is 0 Å². The van der Waals surface area contributed by atoms with E-state index in [0.29, 0.717) is 0 Å². The van der Waals surface area contributed by atoms with Crippen molar-refractivity contribution < 1.29 is 28.5 Å². The maximum atomic E-state index is 3.38. The summed E-state index contributed by atoms with van der Waals surface area (Å²) in [4.78, 5) is 0. The third-order valence-corrected chi connectivity index (χ3v) is 3.24. The Hall–Kier alpha value is 0.250. The maximum absolute atomic E-state index is 3.38. The van der Waals surface area contributed by atoms with Crippen molar-refractivity contribution in [1.29, 1.82) is 0 Å². The average molecular weight is 305 g/mol. The zero-order valence-electron chi connectivity index (χ0n) is 9.06. The molecule has 0 unspecified atom stereocenters. The number of halogens is 1. The zero-order valence-corrected chi connectivity index (χ0v) is 11.2. The molecule has 0 aromatic rings. The van der Waals surface area contributed by atoms with E-state index < -0.39 is 0 Å². The Morgan fingerprint density at radius 1 is 1.14 bits per heavy atom. The predicted octanol–water partition coefficient (Wildman–Crippen LogP) is -0.966. The monoisotopic (exact) mass is 305 g/mol. The van der Waals surface area contributed by atoms with E-state index in [2.05, 4.69) is 18.9 Å². The third-order valence-electron chi connectivity index (χ3n) is 3.24. The number of likely N-dealkylation sites (tertiary alicyclic amines) is 1. The molecule has 1 heterocycles. The minimum Gasteiger partial charge on any atom is -1.00 e. The molecule has 1 aliphatic carbocycles. The van der Waals surface area contributed by atoms with Crippen LogP contribution in [0, 0.1) is 17.8 Å². The maximum Gasteiger partial charge on any atom is 0.140 e. The van der Waals surface area contributed by atoms with Gasteiger partial charge in [-0.15, -0.1) is 0 Å². The Morgan fingerprint density at radius 2 is 1.79 bits per heavy atom. The minimum atomic E-state index is 0. The van der Waals surface area contributed by atoms with Crippen molar-refractivity contribution >= 4 is 0 Å². The Balaban J connectivity index is 0.000000980. The van der Waals surface area contributed by atoms with Gasteiger partial charge < -0.3 is 28.5 Å². The smallest absolute Gasteiger partial charge is 0.140 e. The minimum absolute atomic E-state index is 0.